The lowest BCUT2D eigenvalue weighted by Gasteiger charge is -2.16. The number of tetrazole rings is 1. The van der Waals surface area contributed by atoms with E-state index >= 15 is 0 Å². The molecule has 0 unspecified atom stereocenters. The van der Waals surface area contributed by atoms with Crippen LogP contribution < -0.4 is 10.5 Å². The molecule has 0 spiro atoms. The molecule has 1 heterocycles. The molecule has 0 amide bonds. The van der Waals surface area contributed by atoms with Gasteiger partial charge in [-0.05, 0) is 61.9 Å². The van der Waals surface area contributed by atoms with Crippen molar-refractivity contribution in [3.05, 3.63) is 54.1 Å². The third-order valence-electron chi connectivity index (χ3n) is 3.76. The van der Waals surface area contributed by atoms with Crippen molar-refractivity contribution in [1.29, 1.82) is 0 Å². The van der Waals surface area contributed by atoms with E-state index in [1.807, 2.05) is 45.0 Å². The van der Waals surface area contributed by atoms with Crippen molar-refractivity contribution in [2.75, 3.05) is 5.73 Å². The smallest absolute Gasteiger partial charge is 0.316 e. The predicted molar refractivity (Wildman–Crippen MR) is 98.3 cm³/mol. The maximum absolute atomic E-state index is 11.9. The molecule has 2 N–H and O–H groups in total. The van der Waals surface area contributed by atoms with Crippen LogP contribution in [0, 0.1) is 5.41 Å². The number of rotatable bonds is 4. The molecule has 0 aliphatic carbocycles. The maximum Gasteiger partial charge on any atom is 0.316 e. The molecule has 0 bridgehead atoms. The van der Waals surface area contributed by atoms with Crippen LogP contribution >= 0.6 is 0 Å². The predicted octanol–water partition coefficient (Wildman–Crippen LogP) is 2.92. The number of nitrogens with two attached hydrogens (primary N) is 1. The normalized spacial score (nSPS) is 11.3. The third-order valence-corrected chi connectivity index (χ3v) is 3.76. The van der Waals surface area contributed by atoms with Crippen molar-refractivity contribution < 1.29 is 9.53 Å². The van der Waals surface area contributed by atoms with Crippen LogP contribution in [0.3, 0.4) is 0 Å². The van der Waals surface area contributed by atoms with Gasteiger partial charge in [0.1, 0.15) is 5.75 Å². The number of nitrogens with zero attached hydrogens (tertiary/aromatic N) is 4. The lowest BCUT2D eigenvalue weighted by atomic mass is 9.97. The highest BCUT2D eigenvalue weighted by molar-refractivity contribution is 5.78. The van der Waals surface area contributed by atoms with Crippen molar-refractivity contribution in [3.8, 4) is 17.1 Å². The summed E-state index contributed by atoms with van der Waals surface area (Å²) in [6.07, 6.45) is 0. The Morgan fingerprint density at radius 2 is 1.81 bits per heavy atom. The standard InChI is InChI=1S/C19H21N5O2/c1-19(2,3)18(25)26-15-10-8-13(9-11-15)17-21-23-24(22-17)12-14-6-4-5-7-16(14)20/h4-11H,12,20H2,1-3H3. The fourth-order valence-electron chi connectivity index (χ4n) is 2.19. The number of aromatic nitrogens is 4. The van der Waals surface area contributed by atoms with Gasteiger partial charge >= 0.3 is 5.97 Å². The number of para-hydroxylation sites is 1. The molecule has 3 aromatic rings. The van der Waals surface area contributed by atoms with E-state index in [4.69, 9.17) is 10.5 Å². The number of hydrogen-bond donors (Lipinski definition) is 1. The minimum Gasteiger partial charge on any atom is -0.426 e. The first kappa shape index (κ1) is 17.6. The molecule has 0 atom stereocenters. The Morgan fingerprint density at radius 3 is 2.46 bits per heavy atom. The van der Waals surface area contributed by atoms with Crippen molar-refractivity contribution in [3.63, 3.8) is 0 Å². The molecule has 0 fully saturated rings. The molecule has 26 heavy (non-hydrogen) atoms. The summed E-state index contributed by atoms with van der Waals surface area (Å²) in [6.45, 7) is 5.88. The van der Waals surface area contributed by atoms with Gasteiger partial charge in [0.15, 0.2) is 0 Å². The topological polar surface area (TPSA) is 95.9 Å². The SMILES string of the molecule is CC(C)(C)C(=O)Oc1ccc(-c2nnn(Cc3ccccc3N)n2)cc1. The second-order valence-corrected chi connectivity index (χ2v) is 7.01. The van der Waals surface area contributed by atoms with Gasteiger partial charge in [0.05, 0.1) is 12.0 Å². The zero-order valence-corrected chi connectivity index (χ0v) is 15.0. The van der Waals surface area contributed by atoms with Gasteiger partial charge in [-0.15, -0.1) is 10.2 Å². The summed E-state index contributed by atoms with van der Waals surface area (Å²) in [5.74, 6) is 0.695. The second-order valence-electron chi connectivity index (χ2n) is 7.01. The first-order valence-electron chi connectivity index (χ1n) is 8.27. The molecule has 7 nitrogen and oxygen atoms in total. The quantitative estimate of drug-likeness (QED) is 0.441. The summed E-state index contributed by atoms with van der Waals surface area (Å²) in [5, 5.41) is 12.5. The lowest BCUT2D eigenvalue weighted by molar-refractivity contribution is -0.142. The van der Waals surface area contributed by atoms with Crippen LogP contribution in [0.15, 0.2) is 48.5 Å². The van der Waals surface area contributed by atoms with E-state index in [2.05, 4.69) is 15.4 Å². The van der Waals surface area contributed by atoms with E-state index in [1.165, 1.54) is 4.80 Å². The van der Waals surface area contributed by atoms with Gasteiger partial charge in [0, 0.05) is 11.3 Å². The third kappa shape index (κ3) is 4.05. The Kier molecular flexibility index (Phi) is 4.71. The largest absolute Gasteiger partial charge is 0.426 e. The van der Waals surface area contributed by atoms with Crippen molar-refractivity contribution >= 4 is 11.7 Å². The Hall–Kier alpha value is -3.22. The number of benzene rings is 2. The summed E-state index contributed by atoms with van der Waals surface area (Å²) in [7, 11) is 0. The van der Waals surface area contributed by atoms with Gasteiger partial charge in [-0.25, -0.2) is 0 Å². The van der Waals surface area contributed by atoms with Crippen LogP contribution in [0.4, 0.5) is 5.69 Å². The Bertz CT molecular complexity index is 910. The molecular formula is C19H21N5O2. The van der Waals surface area contributed by atoms with E-state index < -0.39 is 5.41 Å². The number of nitrogen functional groups attached to an aromatic ring is 1. The number of esters is 1. The highest BCUT2D eigenvalue weighted by atomic mass is 16.5. The van der Waals surface area contributed by atoms with E-state index in [0.29, 0.717) is 23.8 Å². The second kappa shape index (κ2) is 6.95. The average Bonchev–Trinajstić information content (AvgIpc) is 3.05. The average molecular weight is 351 g/mol. The van der Waals surface area contributed by atoms with Gasteiger partial charge in [-0.2, -0.15) is 4.80 Å². The number of carbonyl (C=O) groups excluding carboxylic acids is 1. The fraction of sp³-hybridized carbons (Fsp3) is 0.263. The Labute approximate surface area is 151 Å². The molecule has 0 aliphatic heterocycles. The van der Waals surface area contributed by atoms with E-state index in [1.54, 1.807) is 24.3 Å². The molecule has 0 saturated heterocycles. The summed E-state index contributed by atoms with van der Waals surface area (Å²) in [6, 6.07) is 14.6. The number of ether oxygens (including phenoxy) is 1. The van der Waals surface area contributed by atoms with Crippen LogP contribution in [0.25, 0.3) is 11.4 Å². The molecule has 7 heteroatoms. The maximum atomic E-state index is 11.9. The molecule has 0 aliphatic rings. The fourth-order valence-corrected chi connectivity index (χ4v) is 2.19. The Morgan fingerprint density at radius 1 is 1.12 bits per heavy atom. The van der Waals surface area contributed by atoms with Gasteiger partial charge in [-0.3, -0.25) is 4.79 Å². The van der Waals surface area contributed by atoms with Gasteiger partial charge in [-0.1, -0.05) is 18.2 Å². The van der Waals surface area contributed by atoms with Crippen LogP contribution in [0.1, 0.15) is 26.3 Å². The zero-order chi connectivity index (χ0) is 18.7. The van der Waals surface area contributed by atoms with Crippen molar-refractivity contribution in [1.82, 2.24) is 20.2 Å². The molecule has 3 rings (SSSR count). The van der Waals surface area contributed by atoms with E-state index in [9.17, 15) is 4.79 Å². The lowest BCUT2D eigenvalue weighted by Crippen LogP contribution is -2.25. The number of anilines is 1. The first-order valence-corrected chi connectivity index (χ1v) is 8.27. The monoisotopic (exact) mass is 351 g/mol. The van der Waals surface area contributed by atoms with Gasteiger partial charge in [0.2, 0.25) is 5.82 Å². The van der Waals surface area contributed by atoms with Gasteiger partial charge < -0.3 is 10.5 Å². The van der Waals surface area contributed by atoms with Crippen LogP contribution in [0.5, 0.6) is 5.75 Å². The van der Waals surface area contributed by atoms with Crippen molar-refractivity contribution in [2.24, 2.45) is 5.41 Å². The molecule has 134 valence electrons. The highest BCUT2D eigenvalue weighted by Crippen LogP contribution is 2.22. The summed E-state index contributed by atoms with van der Waals surface area (Å²) >= 11 is 0. The van der Waals surface area contributed by atoms with Crippen LogP contribution in [-0.2, 0) is 11.3 Å². The molecule has 2 aromatic carbocycles. The van der Waals surface area contributed by atoms with Gasteiger partial charge in [0.25, 0.3) is 0 Å². The van der Waals surface area contributed by atoms with Crippen LogP contribution in [0.2, 0.25) is 0 Å². The summed E-state index contributed by atoms with van der Waals surface area (Å²) < 4.78 is 5.35. The molecule has 1 aromatic heterocycles. The van der Waals surface area contributed by atoms with Crippen molar-refractivity contribution in [2.45, 2.75) is 27.3 Å². The number of hydrogen-bond acceptors (Lipinski definition) is 6. The minimum atomic E-state index is -0.553. The highest BCUT2D eigenvalue weighted by Gasteiger charge is 2.23. The first-order chi connectivity index (χ1) is 12.3. The summed E-state index contributed by atoms with van der Waals surface area (Å²) in [5.41, 5.74) is 7.80. The Balaban J connectivity index is 1.71. The van der Waals surface area contributed by atoms with E-state index in [0.717, 1.165) is 11.1 Å². The number of carbonyl (C=O) groups is 1. The molecule has 0 radical (unpaired) electrons. The van der Waals surface area contributed by atoms with Crippen LogP contribution in [-0.4, -0.2) is 26.2 Å². The minimum absolute atomic E-state index is 0.283. The zero-order valence-electron chi connectivity index (χ0n) is 15.0. The molecular weight excluding hydrogens is 330 g/mol. The summed E-state index contributed by atoms with van der Waals surface area (Å²) in [4.78, 5) is 13.4. The molecule has 0 saturated carbocycles. The van der Waals surface area contributed by atoms with E-state index in [-0.39, 0.29) is 5.97 Å².